The molecular weight excluding hydrogens is 248 g/mol. The molecule has 0 spiro atoms. The Morgan fingerprint density at radius 3 is 2.83 bits per heavy atom. The Labute approximate surface area is 112 Å². The standard InChI is InChI=1S/C14H15ClN2O/c1-2-16-10-11-6-5-9-17-14(11)18-13-8-4-3-7-12(13)15/h3-9,16H,2,10H2,1H3. The van der Waals surface area contributed by atoms with Crippen molar-refractivity contribution in [2.24, 2.45) is 0 Å². The van der Waals surface area contributed by atoms with Crippen molar-refractivity contribution in [1.82, 2.24) is 10.3 Å². The Balaban J connectivity index is 2.21. The van der Waals surface area contributed by atoms with Gasteiger partial charge in [-0.25, -0.2) is 4.98 Å². The number of hydrogen-bond donors (Lipinski definition) is 1. The van der Waals surface area contributed by atoms with E-state index in [2.05, 4.69) is 17.2 Å². The number of halogens is 1. The van der Waals surface area contributed by atoms with E-state index in [1.165, 1.54) is 0 Å². The van der Waals surface area contributed by atoms with Gasteiger partial charge in [0.05, 0.1) is 5.02 Å². The molecule has 2 rings (SSSR count). The summed E-state index contributed by atoms with van der Waals surface area (Å²) in [5.41, 5.74) is 1.01. The molecule has 0 saturated carbocycles. The van der Waals surface area contributed by atoms with Crippen LogP contribution in [0.2, 0.25) is 5.02 Å². The van der Waals surface area contributed by atoms with Crippen LogP contribution >= 0.6 is 11.6 Å². The Hall–Kier alpha value is -1.58. The van der Waals surface area contributed by atoms with Crippen LogP contribution in [0.15, 0.2) is 42.6 Å². The van der Waals surface area contributed by atoms with Crippen molar-refractivity contribution in [3.8, 4) is 11.6 Å². The summed E-state index contributed by atoms with van der Waals surface area (Å²) >= 11 is 6.06. The summed E-state index contributed by atoms with van der Waals surface area (Å²) < 4.78 is 5.75. The first kappa shape index (κ1) is 12.9. The summed E-state index contributed by atoms with van der Waals surface area (Å²) in [7, 11) is 0. The molecule has 0 atom stereocenters. The van der Waals surface area contributed by atoms with Gasteiger partial charge in [-0.2, -0.15) is 0 Å². The van der Waals surface area contributed by atoms with Gasteiger partial charge in [-0.1, -0.05) is 36.7 Å². The SMILES string of the molecule is CCNCc1cccnc1Oc1ccccc1Cl. The smallest absolute Gasteiger partial charge is 0.223 e. The number of rotatable bonds is 5. The highest BCUT2D eigenvalue weighted by atomic mass is 35.5. The number of pyridine rings is 1. The Kier molecular flexibility index (Phi) is 4.56. The molecule has 1 N–H and O–H groups in total. The fraction of sp³-hybridized carbons (Fsp3) is 0.214. The first-order valence-corrected chi connectivity index (χ1v) is 6.26. The molecule has 1 heterocycles. The lowest BCUT2D eigenvalue weighted by Crippen LogP contribution is -2.12. The van der Waals surface area contributed by atoms with E-state index in [1.54, 1.807) is 12.3 Å². The van der Waals surface area contributed by atoms with E-state index >= 15 is 0 Å². The maximum Gasteiger partial charge on any atom is 0.223 e. The molecule has 0 bridgehead atoms. The van der Waals surface area contributed by atoms with E-state index in [4.69, 9.17) is 16.3 Å². The summed E-state index contributed by atoms with van der Waals surface area (Å²) in [6.07, 6.45) is 1.71. The van der Waals surface area contributed by atoms with Gasteiger partial charge < -0.3 is 10.1 Å². The summed E-state index contributed by atoms with van der Waals surface area (Å²) in [5.74, 6) is 1.21. The summed E-state index contributed by atoms with van der Waals surface area (Å²) in [6, 6.07) is 11.3. The van der Waals surface area contributed by atoms with Gasteiger partial charge >= 0.3 is 0 Å². The number of aromatic nitrogens is 1. The first-order chi connectivity index (χ1) is 8.81. The van der Waals surface area contributed by atoms with Gasteiger partial charge in [-0.15, -0.1) is 0 Å². The molecule has 1 aromatic carbocycles. The topological polar surface area (TPSA) is 34.2 Å². The minimum Gasteiger partial charge on any atom is -0.437 e. The van der Waals surface area contributed by atoms with Gasteiger partial charge in [-0.05, 0) is 24.7 Å². The number of hydrogen-bond acceptors (Lipinski definition) is 3. The van der Waals surface area contributed by atoms with Gasteiger partial charge in [0, 0.05) is 18.3 Å². The second-order valence-electron chi connectivity index (χ2n) is 3.78. The Morgan fingerprint density at radius 1 is 1.22 bits per heavy atom. The van der Waals surface area contributed by atoms with Crippen LogP contribution in [0.4, 0.5) is 0 Å². The fourth-order valence-electron chi connectivity index (χ4n) is 1.54. The molecule has 0 amide bonds. The van der Waals surface area contributed by atoms with E-state index in [0.717, 1.165) is 18.7 Å². The van der Waals surface area contributed by atoms with Crippen LogP contribution in [0.1, 0.15) is 12.5 Å². The van der Waals surface area contributed by atoms with E-state index in [-0.39, 0.29) is 0 Å². The highest BCUT2D eigenvalue weighted by Crippen LogP contribution is 2.29. The molecule has 0 aliphatic heterocycles. The number of nitrogens with zero attached hydrogens (tertiary/aromatic N) is 1. The second kappa shape index (κ2) is 6.38. The molecule has 1 aromatic heterocycles. The molecule has 0 saturated heterocycles. The molecule has 0 unspecified atom stereocenters. The minimum absolute atomic E-state index is 0.581. The quantitative estimate of drug-likeness (QED) is 0.893. The maximum absolute atomic E-state index is 6.06. The van der Waals surface area contributed by atoms with Crippen molar-refractivity contribution in [3.63, 3.8) is 0 Å². The average Bonchev–Trinajstić information content (AvgIpc) is 2.40. The molecule has 18 heavy (non-hydrogen) atoms. The van der Waals surface area contributed by atoms with Gasteiger partial charge in [0.1, 0.15) is 5.75 Å². The molecule has 0 aliphatic rings. The van der Waals surface area contributed by atoms with Crippen LogP contribution in [0.5, 0.6) is 11.6 Å². The van der Waals surface area contributed by atoms with Crippen LogP contribution in [-0.2, 0) is 6.54 Å². The molecule has 2 aromatic rings. The Morgan fingerprint density at radius 2 is 2.06 bits per heavy atom. The number of nitrogens with one attached hydrogen (secondary N) is 1. The van der Waals surface area contributed by atoms with Gasteiger partial charge in [0.2, 0.25) is 5.88 Å². The van der Waals surface area contributed by atoms with E-state index in [9.17, 15) is 0 Å². The number of ether oxygens (including phenoxy) is 1. The zero-order valence-electron chi connectivity index (χ0n) is 10.2. The highest BCUT2D eigenvalue weighted by Gasteiger charge is 2.07. The summed E-state index contributed by atoms with van der Waals surface area (Å²) in [4.78, 5) is 4.25. The number of benzene rings is 1. The van der Waals surface area contributed by atoms with Crippen LogP contribution in [0.25, 0.3) is 0 Å². The highest BCUT2D eigenvalue weighted by molar-refractivity contribution is 6.32. The van der Waals surface area contributed by atoms with Crippen molar-refractivity contribution in [2.75, 3.05) is 6.54 Å². The maximum atomic E-state index is 6.06. The summed E-state index contributed by atoms with van der Waals surface area (Å²) in [5, 5.41) is 3.83. The lowest BCUT2D eigenvalue weighted by atomic mass is 10.2. The van der Waals surface area contributed by atoms with Crippen molar-refractivity contribution >= 4 is 11.6 Å². The van der Waals surface area contributed by atoms with Gasteiger partial charge in [0.25, 0.3) is 0 Å². The lowest BCUT2D eigenvalue weighted by Gasteiger charge is -2.10. The van der Waals surface area contributed by atoms with Crippen molar-refractivity contribution in [3.05, 3.63) is 53.2 Å². The molecular formula is C14H15ClN2O. The van der Waals surface area contributed by atoms with Crippen molar-refractivity contribution in [1.29, 1.82) is 0 Å². The second-order valence-corrected chi connectivity index (χ2v) is 4.19. The van der Waals surface area contributed by atoms with Gasteiger partial charge in [-0.3, -0.25) is 0 Å². The normalized spacial score (nSPS) is 10.3. The first-order valence-electron chi connectivity index (χ1n) is 5.88. The largest absolute Gasteiger partial charge is 0.437 e. The molecule has 94 valence electrons. The van der Waals surface area contributed by atoms with E-state index in [0.29, 0.717) is 16.7 Å². The lowest BCUT2D eigenvalue weighted by molar-refractivity contribution is 0.453. The van der Waals surface area contributed by atoms with Gasteiger partial charge in [0.15, 0.2) is 0 Å². The predicted octanol–water partition coefficient (Wildman–Crippen LogP) is 3.64. The average molecular weight is 263 g/mol. The fourth-order valence-corrected chi connectivity index (χ4v) is 1.72. The van der Waals surface area contributed by atoms with E-state index in [1.807, 2.05) is 30.3 Å². The number of para-hydroxylation sites is 1. The third-order valence-electron chi connectivity index (χ3n) is 2.46. The summed E-state index contributed by atoms with van der Waals surface area (Å²) in [6.45, 7) is 3.69. The monoisotopic (exact) mass is 262 g/mol. The third kappa shape index (κ3) is 3.22. The zero-order valence-corrected chi connectivity index (χ0v) is 10.9. The zero-order chi connectivity index (χ0) is 12.8. The molecule has 3 nitrogen and oxygen atoms in total. The van der Waals surface area contributed by atoms with Crippen LogP contribution < -0.4 is 10.1 Å². The van der Waals surface area contributed by atoms with E-state index < -0.39 is 0 Å². The Bertz CT molecular complexity index is 517. The van der Waals surface area contributed by atoms with Crippen molar-refractivity contribution in [2.45, 2.75) is 13.5 Å². The molecule has 0 aliphatic carbocycles. The minimum atomic E-state index is 0.581. The van der Waals surface area contributed by atoms with Crippen LogP contribution in [-0.4, -0.2) is 11.5 Å². The van der Waals surface area contributed by atoms with Crippen LogP contribution in [0.3, 0.4) is 0 Å². The third-order valence-corrected chi connectivity index (χ3v) is 2.77. The van der Waals surface area contributed by atoms with Crippen LogP contribution in [0, 0.1) is 0 Å². The predicted molar refractivity (Wildman–Crippen MR) is 73.1 cm³/mol. The molecule has 0 fully saturated rings. The van der Waals surface area contributed by atoms with Crippen molar-refractivity contribution < 1.29 is 4.74 Å². The molecule has 4 heteroatoms. The molecule has 0 radical (unpaired) electrons.